The fraction of sp³-hybridized carbons (Fsp3) is 0.647. The zero-order chi connectivity index (χ0) is 15.2. The van der Waals surface area contributed by atoms with Gasteiger partial charge in [-0.2, -0.15) is 0 Å². The third-order valence-corrected chi connectivity index (χ3v) is 5.32. The maximum Gasteiger partial charge on any atom is 0.0410 e. The van der Waals surface area contributed by atoms with Gasteiger partial charge >= 0.3 is 0 Å². The van der Waals surface area contributed by atoms with Gasteiger partial charge in [0.05, 0.1) is 0 Å². The first-order chi connectivity index (χ1) is 10.2. The second-order valence-electron chi connectivity index (χ2n) is 5.96. The van der Waals surface area contributed by atoms with Crippen molar-refractivity contribution in [1.82, 2.24) is 10.2 Å². The minimum absolute atomic E-state index is 0.452. The van der Waals surface area contributed by atoms with E-state index in [1.807, 2.05) is 6.07 Å². The molecule has 2 unspecified atom stereocenters. The maximum absolute atomic E-state index is 6.27. The van der Waals surface area contributed by atoms with Crippen molar-refractivity contribution >= 4 is 27.5 Å². The molecule has 0 amide bonds. The SMILES string of the molecule is CCCN1CCCCC(CNC)C1c1cc(Cl)ccc1Br. The van der Waals surface area contributed by atoms with Crippen LogP contribution in [0.1, 0.15) is 44.2 Å². The summed E-state index contributed by atoms with van der Waals surface area (Å²) in [6.07, 6.45) is 5.10. The van der Waals surface area contributed by atoms with Crippen molar-refractivity contribution in [1.29, 1.82) is 0 Å². The molecular weight excluding hydrogens is 348 g/mol. The molecule has 2 nitrogen and oxygen atoms in total. The highest BCUT2D eigenvalue weighted by atomic mass is 79.9. The monoisotopic (exact) mass is 372 g/mol. The first-order valence-electron chi connectivity index (χ1n) is 8.01. The molecule has 1 saturated heterocycles. The van der Waals surface area contributed by atoms with Gasteiger partial charge in [0.25, 0.3) is 0 Å². The average Bonchev–Trinajstić information content (AvgIpc) is 2.65. The summed E-state index contributed by atoms with van der Waals surface area (Å²) in [5, 5.41) is 4.22. The van der Waals surface area contributed by atoms with Crippen LogP contribution in [0.3, 0.4) is 0 Å². The van der Waals surface area contributed by atoms with Gasteiger partial charge < -0.3 is 5.32 Å². The highest BCUT2D eigenvalue weighted by molar-refractivity contribution is 9.10. The lowest BCUT2D eigenvalue weighted by Gasteiger charge is -2.36. The molecule has 118 valence electrons. The van der Waals surface area contributed by atoms with Crippen molar-refractivity contribution in [2.45, 2.75) is 38.6 Å². The standard InChI is InChI=1S/C17H26BrClN2/c1-3-9-21-10-5-4-6-13(12-20-2)17(21)15-11-14(19)7-8-16(15)18/h7-8,11,13,17,20H,3-6,9-10,12H2,1-2H3. The Labute approximate surface area is 142 Å². The second kappa shape index (κ2) is 8.52. The summed E-state index contributed by atoms with van der Waals surface area (Å²) in [7, 11) is 2.05. The van der Waals surface area contributed by atoms with Gasteiger partial charge in [0, 0.05) is 15.5 Å². The second-order valence-corrected chi connectivity index (χ2v) is 7.25. The third kappa shape index (κ3) is 4.44. The Hall–Kier alpha value is -0.0900. The Balaban J connectivity index is 2.39. The minimum atomic E-state index is 0.452. The Morgan fingerprint density at radius 2 is 2.19 bits per heavy atom. The number of benzene rings is 1. The van der Waals surface area contributed by atoms with Gasteiger partial charge in [0.2, 0.25) is 0 Å². The predicted molar refractivity (Wildman–Crippen MR) is 95.0 cm³/mol. The van der Waals surface area contributed by atoms with Crippen LogP contribution >= 0.6 is 27.5 Å². The molecule has 1 N–H and O–H groups in total. The zero-order valence-corrected chi connectivity index (χ0v) is 15.4. The Morgan fingerprint density at radius 1 is 1.38 bits per heavy atom. The summed E-state index contributed by atoms with van der Waals surface area (Å²) < 4.78 is 1.18. The van der Waals surface area contributed by atoms with Crippen LogP contribution in [0.25, 0.3) is 0 Å². The van der Waals surface area contributed by atoms with Gasteiger partial charge in [-0.15, -0.1) is 0 Å². The zero-order valence-electron chi connectivity index (χ0n) is 13.0. The summed E-state index contributed by atoms with van der Waals surface area (Å²) in [5.41, 5.74) is 1.35. The first kappa shape index (κ1) is 17.3. The topological polar surface area (TPSA) is 15.3 Å². The van der Waals surface area contributed by atoms with Gasteiger partial charge in [-0.3, -0.25) is 4.90 Å². The normalized spacial score (nSPS) is 24.0. The summed E-state index contributed by atoms with van der Waals surface area (Å²) >= 11 is 10.0. The molecule has 0 spiro atoms. The van der Waals surface area contributed by atoms with Crippen LogP contribution in [0.2, 0.25) is 5.02 Å². The van der Waals surface area contributed by atoms with E-state index >= 15 is 0 Å². The molecule has 1 heterocycles. The van der Waals surface area contributed by atoms with Gasteiger partial charge in [-0.05, 0) is 75.6 Å². The third-order valence-electron chi connectivity index (χ3n) is 4.36. The van der Waals surface area contributed by atoms with Crippen molar-refractivity contribution < 1.29 is 0 Å². The predicted octanol–water partition coefficient (Wildman–Crippen LogP) is 4.88. The van der Waals surface area contributed by atoms with Gasteiger partial charge in [0.15, 0.2) is 0 Å². The molecule has 1 aliphatic rings. The lowest BCUT2D eigenvalue weighted by Crippen LogP contribution is -2.37. The van der Waals surface area contributed by atoms with Gasteiger partial charge in [-0.25, -0.2) is 0 Å². The molecule has 1 aromatic carbocycles. The lowest BCUT2D eigenvalue weighted by molar-refractivity contribution is 0.154. The Morgan fingerprint density at radius 3 is 2.90 bits per heavy atom. The van der Waals surface area contributed by atoms with E-state index in [1.165, 1.54) is 42.3 Å². The van der Waals surface area contributed by atoms with Crippen LogP contribution in [-0.4, -0.2) is 31.6 Å². The Bertz CT molecular complexity index is 436. The molecule has 4 heteroatoms. The average molecular weight is 374 g/mol. The summed E-state index contributed by atoms with van der Waals surface area (Å²) in [6.45, 7) is 5.67. The summed E-state index contributed by atoms with van der Waals surface area (Å²) in [5.74, 6) is 0.638. The molecule has 0 bridgehead atoms. The van der Waals surface area contributed by atoms with Crippen LogP contribution in [0.4, 0.5) is 0 Å². The quantitative estimate of drug-likeness (QED) is 0.791. The first-order valence-corrected chi connectivity index (χ1v) is 9.18. The fourth-order valence-corrected chi connectivity index (χ4v) is 4.18. The summed E-state index contributed by atoms with van der Waals surface area (Å²) in [4.78, 5) is 2.66. The van der Waals surface area contributed by atoms with E-state index in [9.17, 15) is 0 Å². The molecule has 21 heavy (non-hydrogen) atoms. The highest BCUT2D eigenvalue weighted by Gasteiger charge is 2.31. The number of rotatable bonds is 5. The number of hydrogen-bond acceptors (Lipinski definition) is 2. The van der Waals surface area contributed by atoms with Crippen LogP contribution in [-0.2, 0) is 0 Å². The summed E-state index contributed by atoms with van der Waals surface area (Å²) in [6, 6.07) is 6.65. The molecule has 1 fully saturated rings. The molecular formula is C17H26BrClN2. The molecule has 1 aliphatic heterocycles. The Kier molecular flexibility index (Phi) is 7.00. The van der Waals surface area contributed by atoms with Crippen molar-refractivity contribution in [2.75, 3.05) is 26.7 Å². The molecule has 2 rings (SSSR count). The van der Waals surface area contributed by atoms with E-state index < -0.39 is 0 Å². The van der Waals surface area contributed by atoms with E-state index in [4.69, 9.17) is 11.6 Å². The number of halogens is 2. The van der Waals surface area contributed by atoms with Crippen LogP contribution in [0.5, 0.6) is 0 Å². The maximum atomic E-state index is 6.27. The minimum Gasteiger partial charge on any atom is -0.319 e. The van der Waals surface area contributed by atoms with E-state index in [0.717, 1.165) is 18.1 Å². The van der Waals surface area contributed by atoms with Crippen molar-refractivity contribution in [3.8, 4) is 0 Å². The molecule has 1 aromatic rings. The van der Waals surface area contributed by atoms with E-state index in [1.54, 1.807) is 0 Å². The number of nitrogens with one attached hydrogen (secondary N) is 1. The number of hydrogen-bond donors (Lipinski definition) is 1. The van der Waals surface area contributed by atoms with Crippen molar-refractivity contribution in [2.24, 2.45) is 5.92 Å². The van der Waals surface area contributed by atoms with E-state index in [2.05, 4.69) is 52.3 Å². The van der Waals surface area contributed by atoms with E-state index in [0.29, 0.717) is 12.0 Å². The molecule has 2 atom stereocenters. The smallest absolute Gasteiger partial charge is 0.0410 e. The van der Waals surface area contributed by atoms with Crippen molar-refractivity contribution in [3.63, 3.8) is 0 Å². The van der Waals surface area contributed by atoms with Crippen molar-refractivity contribution in [3.05, 3.63) is 33.3 Å². The molecule has 0 aliphatic carbocycles. The van der Waals surface area contributed by atoms with Crippen LogP contribution in [0, 0.1) is 5.92 Å². The largest absolute Gasteiger partial charge is 0.319 e. The van der Waals surface area contributed by atoms with Crippen LogP contribution < -0.4 is 5.32 Å². The highest BCUT2D eigenvalue weighted by Crippen LogP contribution is 2.39. The molecule has 0 aromatic heterocycles. The fourth-order valence-electron chi connectivity index (χ4n) is 3.52. The molecule has 0 saturated carbocycles. The lowest BCUT2D eigenvalue weighted by atomic mass is 9.89. The molecule has 0 radical (unpaired) electrons. The number of nitrogens with zero attached hydrogens (tertiary/aromatic N) is 1. The van der Waals surface area contributed by atoms with Gasteiger partial charge in [0.1, 0.15) is 0 Å². The number of likely N-dealkylation sites (tertiary alicyclic amines) is 1. The van der Waals surface area contributed by atoms with E-state index in [-0.39, 0.29) is 0 Å². The van der Waals surface area contributed by atoms with Gasteiger partial charge in [-0.1, -0.05) is 40.9 Å². The van der Waals surface area contributed by atoms with Crippen LogP contribution in [0.15, 0.2) is 22.7 Å².